The predicted molar refractivity (Wildman–Crippen MR) is 113 cm³/mol. The molecule has 0 radical (unpaired) electrons. The van der Waals surface area contributed by atoms with Crippen molar-refractivity contribution in [3.05, 3.63) is 35.0 Å². The molecule has 0 aliphatic carbocycles. The van der Waals surface area contributed by atoms with Crippen molar-refractivity contribution in [3.63, 3.8) is 0 Å². The Balaban J connectivity index is 1.87. The number of hydrogen-bond donors (Lipinski definition) is 1. The largest absolute Gasteiger partial charge is 0.358 e. The molecular weight excluding hydrogens is 374 g/mol. The van der Waals surface area contributed by atoms with Crippen molar-refractivity contribution < 1.29 is 13.2 Å². The number of aromatic nitrogens is 1. The van der Waals surface area contributed by atoms with E-state index in [1.807, 2.05) is 32.0 Å². The van der Waals surface area contributed by atoms with E-state index in [0.717, 1.165) is 35.1 Å². The lowest BCUT2D eigenvalue weighted by atomic mass is 10.0. The van der Waals surface area contributed by atoms with E-state index in [1.165, 1.54) is 5.56 Å². The summed E-state index contributed by atoms with van der Waals surface area (Å²) in [7, 11) is 0.885. The second kappa shape index (κ2) is 8.25. The SMILES string of the molecule is CCc1cccc2c(CC(=O)N(CCN(C)C)C3CCS(=O)(=O)C3)c(C)[nH]c12. The van der Waals surface area contributed by atoms with Crippen LogP contribution in [0.2, 0.25) is 0 Å². The minimum absolute atomic E-state index is 0.00912. The third-order valence-corrected chi connectivity index (χ3v) is 7.46. The maximum atomic E-state index is 13.3. The van der Waals surface area contributed by atoms with Gasteiger partial charge in [-0.3, -0.25) is 4.79 Å². The highest BCUT2D eigenvalue weighted by Gasteiger charge is 2.34. The molecule has 3 rings (SSSR count). The lowest BCUT2D eigenvalue weighted by molar-refractivity contribution is -0.132. The zero-order valence-corrected chi connectivity index (χ0v) is 18.1. The second-order valence-electron chi connectivity index (χ2n) is 8.05. The first-order valence-corrected chi connectivity index (χ1v) is 11.8. The minimum atomic E-state index is -3.04. The number of amides is 1. The first-order chi connectivity index (χ1) is 13.2. The number of rotatable bonds is 7. The van der Waals surface area contributed by atoms with Crippen LogP contribution in [-0.4, -0.2) is 73.8 Å². The summed E-state index contributed by atoms with van der Waals surface area (Å²) in [5.74, 6) is 0.267. The monoisotopic (exact) mass is 405 g/mol. The van der Waals surface area contributed by atoms with E-state index >= 15 is 0 Å². The lowest BCUT2D eigenvalue weighted by Crippen LogP contribution is -2.45. The Kier molecular flexibility index (Phi) is 6.15. The molecule has 1 atom stereocenters. The number of aromatic amines is 1. The van der Waals surface area contributed by atoms with Crippen molar-refractivity contribution >= 4 is 26.6 Å². The van der Waals surface area contributed by atoms with Crippen LogP contribution in [0, 0.1) is 6.92 Å². The number of sulfone groups is 1. The zero-order chi connectivity index (χ0) is 20.5. The number of nitrogens with zero attached hydrogens (tertiary/aromatic N) is 2. The number of benzene rings is 1. The van der Waals surface area contributed by atoms with E-state index in [0.29, 0.717) is 19.4 Å². The number of likely N-dealkylation sites (N-methyl/N-ethyl adjacent to an activating group) is 1. The van der Waals surface area contributed by atoms with Gasteiger partial charge in [-0.2, -0.15) is 0 Å². The van der Waals surface area contributed by atoms with Crippen molar-refractivity contribution in [1.29, 1.82) is 0 Å². The molecule has 1 unspecified atom stereocenters. The Hall–Kier alpha value is -1.86. The van der Waals surface area contributed by atoms with Gasteiger partial charge in [0.25, 0.3) is 0 Å². The third-order valence-electron chi connectivity index (χ3n) is 5.71. The first-order valence-electron chi connectivity index (χ1n) is 9.95. The van der Waals surface area contributed by atoms with Crippen LogP contribution in [0.4, 0.5) is 0 Å². The number of nitrogens with one attached hydrogen (secondary N) is 1. The molecule has 154 valence electrons. The summed E-state index contributed by atoms with van der Waals surface area (Å²) in [6.07, 6.45) is 1.76. The molecule has 0 bridgehead atoms. The molecule has 1 aromatic carbocycles. The molecule has 28 heavy (non-hydrogen) atoms. The fourth-order valence-corrected chi connectivity index (χ4v) is 5.81. The van der Waals surface area contributed by atoms with E-state index in [4.69, 9.17) is 0 Å². The molecule has 1 saturated heterocycles. The third kappa shape index (κ3) is 4.41. The zero-order valence-electron chi connectivity index (χ0n) is 17.3. The van der Waals surface area contributed by atoms with Gasteiger partial charge in [-0.25, -0.2) is 8.42 Å². The fourth-order valence-electron chi connectivity index (χ4n) is 4.08. The van der Waals surface area contributed by atoms with Gasteiger partial charge < -0.3 is 14.8 Å². The number of aryl methyl sites for hydroxylation is 2. The molecule has 0 saturated carbocycles. The number of carbonyl (C=O) groups excluding carboxylic acids is 1. The number of H-pyrrole nitrogens is 1. The summed E-state index contributed by atoms with van der Waals surface area (Å²) in [4.78, 5) is 20.5. The van der Waals surface area contributed by atoms with Crippen LogP contribution < -0.4 is 0 Å². The summed E-state index contributed by atoms with van der Waals surface area (Å²) in [6.45, 7) is 5.40. The second-order valence-corrected chi connectivity index (χ2v) is 10.3. The number of para-hydroxylation sites is 1. The summed E-state index contributed by atoms with van der Waals surface area (Å²) in [5.41, 5.74) is 4.38. The van der Waals surface area contributed by atoms with Crippen molar-refractivity contribution in [3.8, 4) is 0 Å². The highest BCUT2D eigenvalue weighted by molar-refractivity contribution is 7.91. The van der Waals surface area contributed by atoms with Crippen LogP contribution in [0.1, 0.15) is 30.2 Å². The molecule has 1 aromatic heterocycles. The van der Waals surface area contributed by atoms with Gasteiger partial charge in [-0.15, -0.1) is 0 Å². The van der Waals surface area contributed by atoms with E-state index < -0.39 is 9.84 Å². The molecule has 2 aromatic rings. The van der Waals surface area contributed by atoms with E-state index in [1.54, 1.807) is 4.90 Å². The summed E-state index contributed by atoms with van der Waals surface area (Å²) in [6, 6.07) is 5.99. The smallest absolute Gasteiger partial charge is 0.227 e. The quantitative estimate of drug-likeness (QED) is 0.766. The van der Waals surface area contributed by atoms with Crippen molar-refractivity contribution in [2.24, 2.45) is 0 Å². The first kappa shape index (κ1) is 20.9. The van der Waals surface area contributed by atoms with Gasteiger partial charge in [0.15, 0.2) is 9.84 Å². The van der Waals surface area contributed by atoms with Crippen LogP contribution >= 0.6 is 0 Å². The molecule has 1 fully saturated rings. The Morgan fingerprint density at radius 2 is 2.00 bits per heavy atom. The van der Waals surface area contributed by atoms with Crippen molar-refractivity contribution in [1.82, 2.24) is 14.8 Å². The highest BCUT2D eigenvalue weighted by Crippen LogP contribution is 2.27. The number of hydrogen-bond acceptors (Lipinski definition) is 4. The van der Waals surface area contributed by atoms with Gasteiger partial charge in [0.2, 0.25) is 5.91 Å². The van der Waals surface area contributed by atoms with Crippen molar-refractivity contribution in [2.75, 3.05) is 38.7 Å². The molecule has 1 amide bonds. The van der Waals surface area contributed by atoms with Crippen LogP contribution in [0.15, 0.2) is 18.2 Å². The van der Waals surface area contributed by atoms with Gasteiger partial charge in [0, 0.05) is 35.7 Å². The number of carbonyl (C=O) groups is 1. The van der Waals surface area contributed by atoms with Crippen LogP contribution in [0.5, 0.6) is 0 Å². The average Bonchev–Trinajstić information content (AvgIpc) is 3.14. The molecule has 1 N–H and O–H groups in total. The molecule has 7 heteroatoms. The fraction of sp³-hybridized carbons (Fsp3) is 0.571. The van der Waals surface area contributed by atoms with E-state index in [2.05, 4.69) is 24.0 Å². The minimum Gasteiger partial charge on any atom is -0.358 e. The van der Waals surface area contributed by atoms with Crippen LogP contribution in [0.25, 0.3) is 10.9 Å². The average molecular weight is 406 g/mol. The lowest BCUT2D eigenvalue weighted by Gasteiger charge is -2.29. The topological polar surface area (TPSA) is 73.5 Å². The van der Waals surface area contributed by atoms with Crippen LogP contribution in [-0.2, 0) is 27.5 Å². The molecule has 2 heterocycles. The molecular formula is C21H31N3O3S. The summed E-state index contributed by atoms with van der Waals surface area (Å²) < 4.78 is 23.9. The van der Waals surface area contributed by atoms with Gasteiger partial charge >= 0.3 is 0 Å². The summed E-state index contributed by atoms with van der Waals surface area (Å²) in [5, 5.41) is 1.09. The molecule has 0 spiro atoms. The Morgan fingerprint density at radius 3 is 2.61 bits per heavy atom. The standard InChI is InChI=1S/C21H31N3O3S/c1-5-16-7-6-8-18-19(15(2)22-21(16)18)13-20(25)24(11-10-23(3)4)17-9-12-28(26,27)14-17/h6-8,17,22H,5,9-14H2,1-4H3. The number of fused-ring (bicyclic) bond motifs is 1. The van der Waals surface area contributed by atoms with Crippen molar-refractivity contribution in [2.45, 2.75) is 39.2 Å². The molecule has 1 aliphatic heterocycles. The van der Waals surface area contributed by atoms with E-state index in [-0.39, 0.29) is 23.5 Å². The molecule has 6 nitrogen and oxygen atoms in total. The Labute approximate surface area is 167 Å². The normalized spacial score (nSPS) is 18.8. The maximum absolute atomic E-state index is 13.3. The van der Waals surface area contributed by atoms with Gasteiger partial charge in [-0.1, -0.05) is 25.1 Å². The Morgan fingerprint density at radius 1 is 1.25 bits per heavy atom. The van der Waals surface area contributed by atoms with Crippen LogP contribution in [0.3, 0.4) is 0 Å². The molecule has 1 aliphatic rings. The van der Waals surface area contributed by atoms with Gasteiger partial charge in [0.05, 0.1) is 17.9 Å². The van der Waals surface area contributed by atoms with Gasteiger partial charge in [0.1, 0.15) is 0 Å². The summed E-state index contributed by atoms with van der Waals surface area (Å²) >= 11 is 0. The van der Waals surface area contributed by atoms with Gasteiger partial charge in [-0.05, 0) is 45.0 Å². The maximum Gasteiger partial charge on any atom is 0.227 e. The highest BCUT2D eigenvalue weighted by atomic mass is 32.2. The predicted octanol–water partition coefficient (Wildman–Crippen LogP) is 2.16. The Bertz CT molecular complexity index is 963. The van der Waals surface area contributed by atoms with E-state index in [9.17, 15) is 13.2 Å².